The predicted octanol–water partition coefficient (Wildman–Crippen LogP) is 2.33. The Morgan fingerprint density at radius 3 is 2.14 bits per heavy atom. The number of hydrogen-bond acceptors (Lipinski definition) is 4. The molecule has 4 nitrogen and oxygen atoms in total. The van der Waals surface area contributed by atoms with Crippen LogP contribution in [0.5, 0.6) is 0 Å². The van der Waals surface area contributed by atoms with E-state index in [-0.39, 0.29) is 0 Å². The first-order valence-corrected chi connectivity index (χ1v) is 4.41. The predicted molar refractivity (Wildman–Crippen MR) is 47.6 cm³/mol. The fraction of sp³-hybridized carbons (Fsp3) is 0.400. The highest BCUT2D eigenvalue weighted by atomic mass is 17.4. The van der Waals surface area contributed by atoms with E-state index in [2.05, 4.69) is 0 Å². The smallest absolute Gasteiger partial charge is 0.195 e. The SMILES string of the molecule is CC1(C)OOC(c2ccccc2)OO1. The van der Waals surface area contributed by atoms with Gasteiger partial charge in [0.2, 0.25) is 12.1 Å². The van der Waals surface area contributed by atoms with Gasteiger partial charge >= 0.3 is 0 Å². The summed E-state index contributed by atoms with van der Waals surface area (Å²) in [6.45, 7) is 3.41. The molecule has 1 aromatic rings. The van der Waals surface area contributed by atoms with Gasteiger partial charge in [-0.15, -0.1) is 0 Å². The average Bonchev–Trinajstić information content (AvgIpc) is 2.19. The second-order valence-corrected chi connectivity index (χ2v) is 3.50. The van der Waals surface area contributed by atoms with E-state index in [1.54, 1.807) is 13.8 Å². The maximum atomic E-state index is 5.03. The molecule has 0 spiro atoms. The van der Waals surface area contributed by atoms with E-state index < -0.39 is 12.1 Å². The summed E-state index contributed by atoms with van der Waals surface area (Å²) in [6.07, 6.45) is -0.621. The topological polar surface area (TPSA) is 36.9 Å². The Bertz CT molecular complexity index is 286. The third kappa shape index (κ3) is 2.10. The van der Waals surface area contributed by atoms with Gasteiger partial charge in [-0.05, 0) is 13.8 Å². The van der Waals surface area contributed by atoms with Crippen LogP contribution in [0.2, 0.25) is 0 Å². The molecule has 0 N–H and O–H groups in total. The maximum absolute atomic E-state index is 5.03. The van der Waals surface area contributed by atoms with Gasteiger partial charge in [-0.1, -0.05) is 30.3 Å². The van der Waals surface area contributed by atoms with Crippen molar-refractivity contribution in [1.82, 2.24) is 0 Å². The van der Waals surface area contributed by atoms with Crippen LogP contribution in [0.15, 0.2) is 30.3 Å². The van der Waals surface area contributed by atoms with Crippen LogP contribution >= 0.6 is 0 Å². The lowest BCUT2D eigenvalue weighted by Crippen LogP contribution is -2.35. The highest BCUT2D eigenvalue weighted by molar-refractivity contribution is 5.15. The minimum absolute atomic E-state index is 0.621. The summed E-state index contributed by atoms with van der Waals surface area (Å²) in [7, 11) is 0. The van der Waals surface area contributed by atoms with Crippen molar-refractivity contribution < 1.29 is 19.6 Å². The Morgan fingerprint density at radius 2 is 1.57 bits per heavy atom. The van der Waals surface area contributed by atoms with Gasteiger partial charge in [0, 0.05) is 5.56 Å². The van der Waals surface area contributed by atoms with Crippen LogP contribution < -0.4 is 0 Å². The summed E-state index contributed by atoms with van der Waals surface area (Å²) in [4.78, 5) is 20.0. The highest BCUT2D eigenvalue weighted by Gasteiger charge is 2.32. The molecule has 76 valence electrons. The van der Waals surface area contributed by atoms with Gasteiger partial charge in [0.25, 0.3) is 0 Å². The third-order valence-electron chi connectivity index (χ3n) is 1.74. The lowest BCUT2D eigenvalue weighted by molar-refractivity contribution is -0.623. The van der Waals surface area contributed by atoms with Crippen molar-refractivity contribution in [1.29, 1.82) is 0 Å². The molecule has 0 saturated carbocycles. The van der Waals surface area contributed by atoms with Crippen LogP contribution in [0, 0.1) is 0 Å². The van der Waals surface area contributed by atoms with Crippen LogP contribution in [0.3, 0.4) is 0 Å². The molecule has 1 aliphatic heterocycles. The zero-order chi connectivity index (χ0) is 10.0. The van der Waals surface area contributed by atoms with Crippen molar-refractivity contribution >= 4 is 0 Å². The van der Waals surface area contributed by atoms with E-state index in [9.17, 15) is 0 Å². The molecule has 1 heterocycles. The van der Waals surface area contributed by atoms with Crippen molar-refractivity contribution in [2.75, 3.05) is 0 Å². The average molecular weight is 196 g/mol. The Kier molecular flexibility index (Phi) is 2.52. The maximum Gasteiger partial charge on any atom is 0.249 e. The zero-order valence-corrected chi connectivity index (χ0v) is 8.10. The Hall–Kier alpha value is -0.940. The van der Waals surface area contributed by atoms with Crippen molar-refractivity contribution in [3.05, 3.63) is 35.9 Å². The second kappa shape index (κ2) is 3.67. The first-order chi connectivity index (χ1) is 6.67. The molecule has 1 aromatic carbocycles. The third-order valence-corrected chi connectivity index (χ3v) is 1.74. The van der Waals surface area contributed by atoms with Gasteiger partial charge < -0.3 is 0 Å². The lowest BCUT2D eigenvalue weighted by Gasteiger charge is -2.31. The quantitative estimate of drug-likeness (QED) is 0.646. The summed E-state index contributed by atoms with van der Waals surface area (Å²) < 4.78 is 0. The molecule has 0 radical (unpaired) electrons. The van der Waals surface area contributed by atoms with Gasteiger partial charge in [0.15, 0.2) is 0 Å². The van der Waals surface area contributed by atoms with Crippen molar-refractivity contribution in [3.8, 4) is 0 Å². The number of hydrogen-bond donors (Lipinski definition) is 0. The molecule has 2 rings (SSSR count). The van der Waals surface area contributed by atoms with Crippen LogP contribution in [0.25, 0.3) is 0 Å². The Labute approximate surface area is 82.2 Å². The van der Waals surface area contributed by atoms with Gasteiger partial charge in [0.1, 0.15) is 0 Å². The van der Waals surface area contributed by atoms with E-state index in [1.165, 1.54) is 0 Å². The second-order valence-electron chi connectivity index (χ2n) is 3.50. The van der Waals surface area contributed by atoms with E-state index in [1.807, 2.05) is 30.3 Å². The minimum Gasteiger partial charge on any atom is -0.195 e. The van der Waals surface area contributed by atoms with Crippen LogP contribution in [-0.2, 0) is 19.6 Å². The molecule has 0 amide bonds. The van der Waals surface area contributed by atoms with Gasteiger partial charge in [0.05, 0.1) is 0 Å². The molecule has 0 aromatic heterocycles. The van der Waals surface area contributed by atoms with E-state index in [0.29, 0.717) is 0 Å². The van der Waals surface area contributed by atoms with Crippen LogP contribution in [0.4, 0.5) is 0 Å². The standard InChI is InChI=1S/C10H12O4/c1-10(2)13-11-9(12-14-10)8-6-4-3-5-7-8/h3-7,9H,1-2H3. The molecular weight excluding hydrogens is 184 g/mol. The number of rotatable bonds is 1. The summed E-state index contributed by atoms with van der Waals surface area (Å²) in [5.41, 5.74) is 0.850. The molecular formula is C10H12O4. The van der Waals surface area contributed by atoms with E-state index >= 15 is 0 Å². The number of benzene rings is 1. The first kappa shape index (κ1) is 9.61. The van der Waals surface area contributed by atoms with Crippen molar-refractivity contribution in [3.63, 3.8) is 0 Å². The van der Waals surface area contributed by atoms with Gasteiger partial charge in [-0.3, -0.25) is 0 Å². The molecule has 1 fully saturated rings. The van der Waals surface area contributed by atoms with Gasteiger partial charge in [-0.25, -0.2) is 0 Å². The molecule has 0 unspecified atom stereocenters. The lowest BCUT2D eigenvalue weighted by atomic mass is 10.2. The Morgan fingerprint density at radius 1 is 1.00 bits per heavy atom. The van der Waals surface area contributed by atoms with Crippen molar-refractivity contribution in [2.24, 2.45) is 0 Å². The Balaban J connectivity index is 2.03. The first-order valence-electron chi connectivity index (χ1n) is 4.41. The fourth-order valence-corrected chi connectivity index (χ4v) is 1.07. The largest absolute Gasteiger partial charge is 0.249 e. The summed E-state index contributed by atoms with van der Waals surface area (Å²) >= 11 is 0. The monoisotopic (exact) mass is 196 g/mol. The molecule has 4 heteroatoms. The summed E-state index contributed by atoms with van der Waals surface area (Å²) in [5, 5.41) is 0. The zero-order valence-electron chi connectivity index (χ0n) is 8.10. The molecule has 0 atom stereocenters. The normalized spacial score (nSPS) is 22.1. The minimum atomic E-state index is -0.856. The molecule has 0 bridgehead atoms. The van der Waals surface area contributed by atoms with E-state index in [4.69, 9.17) is 19.6 Å². The molecule has 1 aliphatic rings. The fourth-order valence-electron chi connectivity index (χ4n) is 1.07. The molecule has 14 heavy (non-hydrogen) atoms. The summed E-state index contributed by atoms with van der Waals surface area (Å²) in [6, 6.07) is 9.44. The molecule has 1 saturated heterocycles. The van der Waals surface area contributed by atoms with Crippen molar-refractivity contribution in [2.45, 2.75) is 25.9 Å². The van der Waals surface area contributed by atoms with Gasteiger partial charge in [-0.2, -0.15) is 19.6 Å². The van der Waals surface area contributed by atoms with Crippen LogP contribution in [0.1, 0.15) is 25.7 Å². The van der Waals surface area contributed by atoms with E-state index in [0.717, 1.165) is 5.56 Å². The van der Waals surface area contributed by atoms with Crippen LogP contribution in [-0.4, -0.2) is 5.79 Å². The molecule has 0 aliphatic carbocycles. The summed E-state index contributed by atoms with van der Waals surface area (Å²) in [5.74, 6) is -0.856. The highest BCUT2D eigenvalue weighted by Crippen LogP contribution is 2.29.